The molecular formula is C51H82O6. The number of unbranched alkanes of at least 4 members (excludes halogenated alkanes) is 15. The highest BCUT2D eigenvalue weighted by Crippen LogP contribution is 2.10. The molecular weight excluding hydrogens is 709 g/mol. The molecule has 0 aliphatic rings. The van der Waals surface area contributed by atoms with Gasteiger partial charge in [0.25, 0.3) is 0 Å². The first-order valence-corrected chi connectivity index (χ1v) is 22.8. The summed E-state index contributed by atoms with van der Waals surface area (Å²) in [5, 5.41) is 0. The number of carbonyl (C=O) groups is 3. The van der Waals surface area contributed by atoms with Gasteiger partial charge in [-0.05, 0) is 77.0 Å². The molecule has 57 heavy (non-hydrogen) atoms. The minimum Gasteiger partial charge on any atom is -0.462 e. The summed E-state index contributed by atoms with van der Waals surface area (Å²) < 4.78 is 16.5. The first kappa shape index (κ1) is 53.3. The van der Waals surface area contributed by atoms with Gasteiger partial charge in [0.05, 0.1) is 0 Å². The van der Waals surface area contributed by atoms with E-state index in [1.807, 2.05) is 48.6 Å². The molecule has 0 saturated heterocycles. The molecule has 0 radical (unpaired) electrons. The van der Waals surface area contributed by atoms with E-state index in [-0.39, 0.29) is 38.0 Å². The average molecular weight is 791 g/mol. The van der Waals surface area contributed by atoms with Crippen molar-refractivity contribution in [3.63, 3.8) is 0 Å². The average Bonchev–Trinajstić information content (AvgIpc) is 3.21. The van der Waals surface area contributed by atoms with Crippen LogP contribution in [-0.4, -0.2) is 37.2 Å². The molecule has 0 N–H and O–H groups in total. The molecule has 322 valence electrons. The zero-order chi connectivity index (χ0) is 41.5. The molecule has 0 fully saturated rings. The summed E-state index contributed by atoms with van der Waals surface area (Å²) >= 11 is 0. The van der Waals surface area contributed by atoms with E-state index in [0.29, 0.717) is 19.3 Å². The van der Waals surface area contributed by atoms with Crippen LogP contribution < -0.4 is 0 Å². The van der Waals surface area contributed by atoms with Crippen molar-refractivity contribution in [2.45, 2.75) is 194 Å². The Hall–Kier alpha value is -3.67. The largest absolute Gasteiger partial charge is 0.462 e. The smallest absolute Gasteiger partial charge is 0.306 e. The van der Waals surface area contributed by atoms with Crippen molar-refractivity contribution in [3.8, 4) is 0 Å². The zero-order valence-electron chi connectivity index (χ0n) is 36.6. The Morgan fingerprint density at radius 3 is 1.32 bits per heavy atom. The molecule has 0 spiro atoms. The van der Waals surface area contributed by atoms with E-state index in [1.165, 1.54) is 77.0 Å². The Kier molecular flexibility index (Phi) is 42.1. The van der Waals surface area contributed by atoms with E-state index >= 15 is 0 Å². The Balaban J connectivity index is 4.61. The number of allylic oxidation sites excluding steroid dienone is 16. The van der Waals surface area contributed by atoms with E-state index < -0.39 is 12.1 Å². The Bertz CT molecular complexity index is 1180. The second-order valence-corrected chi connectivity index (χ2v) is 14.7. The molecule has 0 heterocycles. The van der Waals surface area contributed by atoms with Gasteiger partial charge in [-0.3, -0.25) is 14.4 Å². The van der Waals surface area contributed by atoms with Gasteiger partial charge in [0.15, 0.2) is 6.10 Å². The second-order valence-electron chi connectivity index (χ2n) is 14.7. The van der Waals surface area contributed by atoms with Crippen molar-refractivity contribution >= 4 is 17.9 Å². The molecule has 1 unspecified atom stereocenters. The number of esters is 3. The van der Waals surface area contributed by atoms with Crippen LogP contribution in [0.15, 0.2) is 97.2 Å². The molecule has 0 aromatic heterocycles. The van der Waals surface area contributed by atoms with Crippen LogP contribution in [0.2, 0.25) is 0 Å². The minimum atomic E-state index is -0.845. The predicted molar refractivity (Wildman–Crippen MR) is 242 cm³/mol. The summed E-state index contributed by atoms with van der Waals surface area (Å²) in [5.41, 5.74) is 0. The molecule has 0 aliphatic carbocycles. The summed E-state index contributed by atoms with van der Waals surface area (Å²) in [4.78, 5) is 37.7. The fourth-order valence-electron chi connectivity index (χ4n) is 5.73. The van der Waals surface area contributed by atoms with Gasteiger partial charge in [0.1, 0.15) is 13.2 Å². The summed E-state index contributed by atoms with van der Waals surface area (Å²) in [6.45, 7) is 6.31. The van der Waals surface area contributed by atoms with Gasteiger partial charge in [-0.25, -0.2) is 0 Å². The fourth-order valence-corrected chi connectivity index (χ4v) is 5.73. The van der Waals surface area contributed by atoms with Crippen molar-refractivity contribution < 1.29 is 28.6 Å². The SMILES string of the molecule is CC/C=C/C=C/C=C/C=C/CCCCCC(=O)OCC(COC(=O)CC/C=C/C/C=C/CCCCCCCC)OC(=O)CC/C=C/C/C=C/CCCCCCCC. The Morgan fingerprint density at radius 1 is 0.386 bits per heavy atom. The number of hydrogen-bond acceptors (Lipinski definition) is 6. The summed E-state index contributed by atoms with van der Waals surface area (Å²) in [7, 11) is 0. The maximum atomic E-state index is 12.7. The van der Waals surface area contributed by atoms with Crippen LogP contribution in [0.1, 0.15) is 188 Å². The van der Waals surface area contributed by atoms with E-state index in [4.69, 9.17) is 14.2 Å². The van der Waals surface area contributed by atoms with Gasteiger partial charge in [0.2, 0.25) is 0 Å². The lowest BCUT2D eigenvalue weighted by atomic mass is 10.1. The van der Waals surface area contributed by atoms with Crippen LogP contribution in [0.4, 0.5) is 0 Å². The summed E-state index contributed by atoms with van der Waals surface area (Å²) in [6.07, 6.45) is 58.4. The van der Waals surface area contributed by atoms with Gasteiger partial charge in [-0.1, -0.05) is 189 Å². The highest BCUT2D eigenvalue weighted by Gasteiger charge is 2.19. The van der Waals surface area contributed by atoms with Crippen LogP contribution in [0, 0.1) is 0 Å². The Labute approximate surface area is 349 Å². The fraction of sp³-hybridized carbons (Fsp3) is 0.627. The summed E-state index contributed by atoms with van der Waals surface area (Å²) in [6, 6.07) is 0. The third-order valence-electron chi connectivity index (χ3n) is 9.16. The maximum Gasteiger partial charge on any atom is 0.306 e. The van der Waals surface area contributed by atoms with Crippen molar-refractivity contribution in [3.05, 3.63) is 97.2 Å². The van der Waals surface area contributed by atoms with E-state index in [2.05, 4.69) is 69.4 Å². The molecule has 0 rings (SSSR count). The van der Waals surface area contributed by atoms with Crippen molar-refractivity contribution in [1.29, 1.82) is 0 Å². The highest BCUT2D eigenvalue weighted by atomic mass is 16.6. The first-order valence-electron chi connectivity index (χ1n) is 22.8. The Morgan fingerprint density at radius 2 is 0.789 bits per heavy atom. The monoisotopic (exact) mass is 791 g/mol. The quantitative estimate of drug-likeness (QED) is 0.0203. The molecule has 0 saturated carbocycles. The molecule has 0 aromatic rings. The molecule has 0 bridgehead atoms. The highest BCUT2D eigenvalue weighted by molar-refractivity contribution is 5.71. The minimum absolute atomic E-state index is 0.139. The van der Waals surface area contributed by atoms with Crippen molar-refractivity contribution in [2.24, 2.45) is 0 Å². The topological polar surface area (TPSA) is 78.9 Å². The second kappa shape index (κ2) is 45.0. The number of hydrogen-bond donors (Lipinski definition) is 0. The lowest BCUT2D eigenvalue weighted by molar-refractivity contribution is -0.166. The molecule has 6 nitrogen and oxygen atoms in total. The van der Waals surface area contributed by atoms with Crippen LogP contribution >= 0.6 is 0 Å². The third kappa shape index (κ3) is 43.3. The van der Waals surface area contributed by atoms with Gasteiger partial charge < -0.3 is 14.2 Å². The number of rotatable bonds is 39. The molecule has 0 amide bonds. The van der Waals surface area contributed by atoms with E-state index in [0.717, 1.165) is 57.8 Å². The maximum absolute atomic E-state index is 12.7. The molecule has 1 atom stereocenters. The molecule has 6 heteroatoms. The number of ether oxygens (including phenoxy) is 3. The number of carbonyl (C=O) groups excluding carboxylic acids is 3. The third-order valence-corrected chi connectivity index (χ3v) is 9.16. The lowest BCUT2D eigenvalue weighted by Crippen LogP contribution is -2.30. The normalized spacial score (nSPS) is 13.0. The van der Waals surface area contributed by atoms with Crippen LogP contribution in [0.5, 0.6) is 0 Å². The van der Waals surface area contributed by atoms with Crippen molar-refractivity contribution in [1.82, 2.24) is 0 Å². The van der Waals surface area contributed by atoms with Gasteiger partial charge in [-0.15, -0.1) is 0 Å². The lowest BCUT2D eigenvalue weighted by Gasteiger charge is -2.18. The van der Waals surface area contributed by atoms with Crippen molar-refractivity contribution in [2.75, 3.05) is 13.2 Å². The molecule has 0 aliphatic heterocycles. The van der Waals surface area contributed by atoms with Gasteiger partial charge in [0, 0.05) is 19.3 Å². The van der Waals surface area contributed by atoms with Crippen LogP contribution in [-0.2, 0) is 28.6 Å². The first-order chi connectivity index (χ1) is 28.0. The molecule has 0 aromatic carbocycles. The van der Waals surface area contributed by atoms with Crippen LogP contribution in [0.25, 0.3) is 0 Å². The van der Waals surface area contributed by atoms with Gasteiger partial charge >= 0.3 is 17.9 Å². The van der Waals surface area contributed by atoms with Gasteiger partial charge in [-0.2, -0.15) is 0 Å². The standard InChI is InChI=1S/C51H82O6/c1-4-7-10-13-16-19-22-25-28-31-34-37-40-43-49(52)55-46-48(57-51(54)45-42-39-36-33-30-27-24-21-18-15-12-9-6-3)47-56-50(53)44-41-38-35-32-29-26-23-20-17-14-11-8-5-2/h7,10,13,16,19,22,25-30,35-36,38-39,48H,4-6,8-9,11-12,14-15,17-18,20-21,23-24,31-34,37,40-47H2,1-3H3/b10-7+,16-13+,22-19+,28-25+,29-26+,30-27+,38-35+,39-36+. The zero-order valence-corrected chi connectivity index (χ0v) is 36.6. The van der Waals surface area contributed by atoms with Crippen LogP contribution in [0.3, 0.4) is 0 Å². The van der Waals surface area contributed by atoms with E-state index in [1.54, 1.807) is 0 Å². The van der Waals surface area contributed by atoms with E-state index in [9.17, 15) is 14.4 Å². The predicted octanol–water partition coefficient (Wildman–Crippen LogP) is 14.6. The summed E-state index contributed by atoms with van der Waals surface area (Å²) in [5.74, 6) is -1.12.